The van der Waals surface area contributed by atoms with Gasteiger partial charge in [0.15, 0.2) is 0 Å². The van der Waals surface area contributed by atoms with Crippen LogP contribution in [0.15, 0.2) is 18.2 Å². The van der Waals surface area contributed by atoms with E-state index in [9.17, 15) is 9.59 Å². The number of carboxylic acid groups (broad SMARTS) is 1. The number of benzene rings is 1. The van der Waals surface area contributed by atoms with Crippen LogP contribution in [0.25, 0.3) is 0 Å². The third kappa shape index (κ3) is 3.16. The fourth-order valence-corrected chi connectivity index (χ4v) is 0.927. The predicted octanol–water partition coefficient (Wildman–Crippen LogP) is -0.244. The molecule has 7 N–H and O–H groups in total. The first-order valence-electron chi connectivity index (χ1n) is 3.63. The first-order chi connectivity index (χ1) is 6.50. The number of aromatic carboxylic acids is 1. The molecule has 82 valence electrons. The van der Waals surface area contributed by atoms with Crippen molar-refractivity contribution in [1.82, 2.24) is 0 Å². The molecular formula is C8H10N2O5. The SMILES string of the molecule is NC(=O)Nc1ccc(O)c(C(=O)O)c1.O. The molecule has 0 aliphatic heterocycles. The second-order valence-electron chi connectivity index (χ2n) is 2.53. The molecule has 0 aliphatic rings. The van der Waals surface area contributed by atoms with Gasteiger partial charge in [-0.15, -0.1) is 0 Å². The number of anilines is 1. The van der Waals surface area contributed by atoms with Crippen LogP contribution < -0.4 is 11.1 Å². The fourth-order valence-electron chi connectivity index (χ4n) is 0.927. The number of carbonyl (C=O) groups is 2. The van der Waals surface area contributed by atoms with Gasteiger partial charge >= 0.3 is 12.0 Å². The Morgan fingerprint density at radius 1 is 1.33 bits per heavy atom. The van der Waals surface area contributed by atoms with Crippen LogP contribution in [0.3, 0.4) is 0 Å². The van der Waals surface area contributed by atoms with Crippen LogP contribution in [0.1, 0.15) is 10.4 Å². The number of phenols is 1. The van der Waals surface area contributed by atoms with E-state index in [2.05, 4.69) is 5.32 Å². The average Bonchev–Trinajstić information content (AvgIpc) is 2.07. The summed E-state index contributed by atoms with van der Waals surface area (Å²) >= 11 is 0. The highest BCUT2D eigenvalue weighted by molar-refractivity contribution is 5.94. The van der Waals surface area contributed by atoms with E-state index < -0.39 is 12.0 Å². The van der Waals surface area contributed by atoms with Gasteiger partial charge in [0.1, 0.15) is 11.3 Å². The molecule has 0 saturated carbocycles. The van der Waals surface area contributed by atoms with Crippen molar-refractivity contribution >= 4 is 17.7 Å². The quantitative estimate of drug-likeness (QED) is 0.503. The molecule has 0 aromatic heterocycles. The van der Waals surface area contributed by atoms with Gasteiger partial charge in [0.25, 0.3) is 0 Å². The third-order valence-electron chi connectivity index (χ3n) is 1.49. The van der Waals surface area contributed by atoms with Gasteiger partial charge in [0, 0.05) is 5.69 Å². The zero-order valence-electron chi connectivity index (χ0n) is 7.52. The number of amides is 2. The zero-order chi connectivity index (χ0) is 10.7. The van der Waals surface area contributed by atoms with Gasteiger partial charge in [0.05, 0.1) is 0 Å². The van der Waals surface area contributed by atoms with Gasteiger partial charge in [0.2, 0.25) is 0 Å². The standard InChI is InChI=1S/C8H8N2O4.H2O/c9-8(14)10-4-1-2-6(11)5(3-4)7(12)13;/h1-3,11H,(H,12,13)(H3,9,10,14);1H2. The second-order valence-corrected chi connectivity index (χ2v) is 2.53. The van der Waals surface area contributed by atoms with Crippen LogP contribution in [0.2, 0.25) is 0 Å². The maximum Gasteiger partial charge on any atom is 0.339 e. The molecule has 0 unspecified atom stereocenters. The largest absolute Gasteiger partial charge is 0.507 e. The molecule has 0 atom stereocenters. The highest BCUT2D eigenvalue weighted by Crippen LogP contribution is 2.21. The third-order valence-corrected chi connectivity index (χ3v) is 1.49. The van der Waals surface area contributed by atoms with E-state index in [0.717, 1.165) is 12.1 Å². The van der Waals surface area contributed by atoms with Crippen LogP contribution in [0.5, 0.6) is 5.75 Å². The molecule has 0 bridgehead atoms. The molecule has 1 aromatic rings. The van der Waals surface area contributed by atoms with Gasteiger partial charge in [-0.05, 0) is 18.2 Å². The molecule has 0 saturated heterocycles. The summed E-state index contributed by atoms with van der Waals surface area (Å²) in [5, 5.41) is 19.9. The molecule has 2 amide bonds. The lowest BCUT2D eigenvalue weighted by molar-refractivity contribution is 0.0693. The molecule has 0 heterocycles. The summed E-state index contributed by atoms with van der Waals surface area (Å²) in [6.07, 6.45) is 0. The van der Waals surface area contributed by atoms with Crippen molar-refractivity contribution in [3.8, 4) is 5.75 Å². The number of nitrogens with one attached hydrogen (secondary N) is 1. The van der Waals surface area contributed by atoms with E-state index in [1.165, 1.54) is 6.07 Å². The summed E-state index contributed by atoms with van der Waals surface area (Å²) < 4.78 is 0. The van der Waals surface area contributed by atoms with Crippen molar-refractivity contribution in [2.45, 2.75) is 0 Å². The summed E-state index contributed by atoms with van der Waals surface area (Å²) in [5.41, 5.74) is 4.75. The Kier molecular flexibility index (Phi) is 4.09. The number of rotatable bonds is 2. The summed E-state index contributed by atoms with van der Waals surface area (Å²) in [6.45, 7) is 0. The van der Waals surface area contributed by atoms with Gasteiger partial charge < -0.3 is 26.7 Å². The second kappa shape index (κ2) is 4.82. The Hall–Kier alpha value is -2.28. The van der Waals surface area contributed by atoms with E-state index in [0.29, 0.717) is 0 Å². The first-order valence-corrected chi connectivity index (χ1v) is 3.63. The maximum absolute atomic E-state index is 10.6. The van der Waals surface area contributed by atoms with Gasteiger partial charge in [-0.3, -0.25) is 0 Å². The summed E-state index contributed by atoms with van der Waals surface area (Å²) in [7, 11) is 0. The van der Waals surface area contributed by atoms with E-state index >= 15 is 0 Å². The number of hydrogen-bond donors (Lipinski definition) is 4. The summed E-state index contributed by atoms with van der Waals surface area (Å²) in [6, 6.07) is 2.82. The molecule has 1 rings (SSSR count). The molecule has 0 aliphatic carbocycles. The monoisotopic (exact) mass is 214 g/mol. The maximum atomic E-state index is 10.6. The molecule has 0 spiro atoms. The lowest BCUT2D eigenvalue weighted by Gasteiger charge is -2.04. The zero-order valence-corrected chi connectivity index (χ0v) is 7.52. The Bertz CT molecular complexity index is 391. The summed E-state index contributed by atoms with van der Waals surface area (Å²) in [4.78, 5) is 21.0. The van der Waals surface area contributed by atoms with Crippen molar-refractivity contribution < 1.29 is 25.3 Å². The minimum absolute atomic E-state index is 0. The van der Waals surface area contributed by atoms with Crippen molar-refractivity contribution in [3.63, 3.8) is 0 Å². The van der Waals surface area contributed by atoms with Crippen LogP contribution in [-0.4, -0.2) is 27.7 Å². The number of hydrogen-bond acceptors (Lipinski definition) is 3. The molecule has 1 aromatic carbocycles. The number of carbonyl (C=O) groups excluding carboxylic acids is 1. The smallest absolute Gasteiger partial charge is 0.339 e. The fraction of sp³-hybridized carbons (Fsp3) is 0. The molecule has 0 fully saturated rings. The Labute approximate surface area is 84.4 Å². The van der Waals surface area contributed by atoms with Crippen molar-refractivity contribution in [3.05, 3.63) is 23.8 Å². The van der Waals surface area contributed by atoms with Gasteiger partial charge in [-0.2, -0.15) is 0 Å². The summed E-state index contributed by atoms with van der Waals surface area (Å²) in [5.74, 6) is -1.65. The minimum atomic E-state index is -1.28. The molecule has 7 heteroatoms. The highest BCUT2D eigenvalue weighted by atomic mass is 16.4. The van der Waals surface area contributed by atoms with Crippen molar-refractivity contribution in [2.75, 3.05) is 5.32 Å². The predicted molar refractivity (Wildman–Crippen MR) is 51.9 cm³/mol. The number of aromatic hydroxyl groups is 1. The number of nitrogens with two attached hydrogens (primary N) is 1. The molecule has 0 radical (unpaired) electrons. The Morgan fingerprint density at radius 2 is 1.93 bits per heavy atom. The number of primary amides is 1. The van der Waals surface area contributed by atoms with Crippen LogP contribution in [0, 0.1) is 0 Å². The van der Waals surface area contributed by atoms with E-state index in [1.807, 2.05) is 0 Å². The lowest BCUT2D eigenvalue weighted by atomic mass is 10.2. The number of urea groups is 1. The van der Waals surface area contributed by atoms with Crippen LogP contribution in [0.4, 0.5) is 10.5 Å². The molecular weight excluding hydrogens is 204 g/mol. The number of carboxylic acids is 1. The van der Waals surface area contributed by atoms with Crippen molar-refractivity contribution in [1.29, 1.82) is 0 Å². The minimum Gasteiger partial charge on any atom is -0.507 e. The van der Waals surface area contributed by atoms with Crippen LogP contribution >= 0.6 is 0 Å². The van der Waals surface area contributed by atoms with E-state index in [-0.39, 0.29) is 22.5 Å². The van der Waals surface area contributed by atoms with Crippen molar-refractivity contribution in [2.24, 2.45) is 5.73 Å². The normalized spacial score (nSPS) is 8.80. The van der Waals surface area contributed by atoms with Gasteiger partial charge in [-0.25, -0.2) is 9.59 Å². The van der Waals surface area contributed by atoms with E-state index in [1.54, 1.807) is 0 Å². The lowest BCUT2D eigenvalue weighted by Crippen LogP contribution is -2.19. The molecule has 7 nitrogen and oxygen atoms in total. The topological polar surface area (TPSA) is 144 Å². The Balaban J connectivity index is 0.00000196. The Morgan fingerprint density at radius 3 is 2.40 bits per heavy atom. The highest BCUT2D eigenvalue weighted by Gasteiger charge is 2.10. The van der Waals surface area contributed by atoms with Crippen LogP contribution in [-0.2, 0) is 0 Å². The molecule has 15 heavy (non-hydrogen) atoms. The average molecular weight is 214 g/mol. The van der Waals surface area contributed by atoms with E-state index in [4.69, 9.17) is 15.9 Å². The first kappa shape index (κ1) is 12.7. The van der Waals surface area contributed by atoms with Gasteiger partial charge in [-0.1, -0.05) is 0 Å².